The Labute approximate surface area is 182 Å². The molecule has 3 heterocycles. The minimum atomic E-state index is -1.02. The number of likely N-dealkylation sites (N-methyl/N-ethyl adjacent to an activating group) is 1. The lowest BCUT2D eigenvalue weighted by atomic mass is 10.0. The third-order valence-corrected chi connectivity index (χ3v) is 6.17. The number of pyridine rings is 1. The van der Waals surface area contributed by atoms with Crippen LogP contribution in [0.3, 0.4) is 0 Å². The Hall–Kier alpha value is -2.71. The number of primary amides is 1. The highest BCUT2D eigenvalue weighted by molar-refractivity contribution is 5.98. The van der Waals surface area contributed by atoms with E-state index in [0.717, 1.165) is 44.0 Å². The fourth-order valence-corrected chi connectivity index (χ4v) is 4.19. The zero-order valence-corrected chi connectivity index (χ0v) is 18.0. The molecule has 31 heavy (non-hydrogen) atoms. The average Bonchev–Trinajstić information content (AvgIpc) is 2.76. The van der Waals surface area contributed by atoms with Crippen molar-refractivity contribution in [1.82, 2.24) is 15.2 Å². The van der Waals surface area contributed by atoms with Gasteiger partial charge in [-0.05, 0) is 43.8 Å². The molecule has 0 radical (unpaired) electrons. The van der Waals surface area contributed by atoms with Crippen molar-refractivity contribution in [2.75, 3.05) is 56.5 Å². The van der Waals surface area contributed by atoms with Gasteiger partial charge in [0.15, 0.2) is 0 Å². The maximum Gasteiger partial charge on any atom is 0.252 e. The zero-order valence-electron chi connectivity index (χ0n) is 18.0. The van der Waals surface area contributed by atoms with Gasteiger partial charge in [-0.2, -0.15) is 0 Å². The lowest BCUT2D eigenvalue weighted by Crippen LogP contribution is -2.45. The predicted molar refractivity (Wildman–Crippen MR) is 122 cm³/mol. The molecule has 7 nitrogen and oxygen atoms in total. The number of alkyl halides is 1. The molecule has 1 aromatic carbocycles. The first-order valence-corrected chi connectivity index (χ1v) is 10.9. The number of anilines is 2. The van der Waals surface area contributed by atoms with Crippen LogP contribution in [0.4, 0.5) is 15.8 Å². The standard InChI is InChI=1S/C23H31FN6O/c1-29-8-10-30(11-9-29)18-4-2-16(3-5-18)12-17-13-22(19(14-27-17)23(25)31)28-21-6-7-26-15-20(21)24/h2-5,13-14,20-21,26H,6-12,15H2,1H3,(H2,25,31)(H,27,28)/t20-,21+/m0/s1. The highest BCUT2D eigenvalue weighted by Crippen LogP contribution is 2.23. The second-order valence-corrected chi connectivity index (χ2v) is 8.48. The summed E-state index contributed by atoms with van der Waals surface area (Å²) in [7, 11) is 2.15. The van der Waals surface area contributed by atoms with E-state index in [9.17, 15) is 9.18 Å². The number of piperazine rings is 1. The van der Waals surface area contributed by atoms with Crippen LogP contribution in [-0.4, -0.2) is 74.3 Å². The van der Waals surface area contributed by atoms with Crippen molar-refractivity contribution in [3.63, 3.8) is 0 Å². The topological polar surface area (TPSA) is 86.5 Å². The van der Waals surface area contributed by atoms with Crippen molar-refractivity contribution in [2.45, 2.75) is 25.1 Å². The number of carbonyl (C=O) groups excluding carboxylic acids is 1. The molecule has 2 saturated heterocycles. The van der Waals surface area contributed by atoms with Crippen molar-refractivity contribution in [3.8, 4) is 0 Å². The van der Waals surface area contributed by atoms with E-state index in [2.05, 4.69) is 56.7 Å². The van der Waals surface area contributed by atoms with Gasteiger partial charge < -0.3 is 26.2 Å². The Morgan fingerprint density at radius 2 is 2.00 bits per heavy atom. The molecule has 1 amide bonds. The van der Waals surface area contributed by atoms with Gasteiger partial charge in [-0.3, -0.25) is 9.78 Å². The highest BCUT2D eigenvalue weighted by atomic mass is 19.1. The molecule has 2 fully saturated rings. The van der Waals surface area contributed by atoms with Gasteiger partial charge in [0.2, 0.25) is 0 Å². The molecule has 166 valence electrons. The van der Waals surface area contributed by atoms with Gasteiger partial charge in [0.05, 0.1) is 17.3 Å². The van der Waals surface area contributed by atoms with Crippen LogP contribution in [-0.2, 0) is 6.42 Å². The summed E-state index contributed by atoms with van der Waals surface area (Å²) in [4.78, 5) is 21.0. The van der Waals surface area contributed by atoms with Crippen LogP contribution < -0.4 is 21.3 Å². The van der Waals surface area contributed by atoms with Gasteiger partial charge in [0.1, 0.15) is 6.17 Å². The number of nitrogens with zero attached hydrogens (tertiary/aromatic N) is 3. The molecule has 8 heteroatoms. The summed E-state index contributed by atoms with van der Waals surface area (Å²) in [6, 6.07) is 10.0. The molecule has 1 aromatic heterocycles. The van der Waals surface area contributed by atoms with Gasteiger partial charge in [-0.25, -0.2) is 4.39 Å². The monoisotopic (exact) mass is 426 g/mol. The van der Waals surface area contributed by atoms with Gasteiger partial charge in [0.25, 0.3) is 5.91 Å². The van der Waals surface area contributed by atoms with Crippen molar-refractivity contribution in [3.05, 3.63) is 53.3 Å². The lowest BCUT2D eigenvalue weighted by Gasteiger charge is -2.34. The van der Waals surface area contributed by atoms with Crippen molar-refractivity contribution < 1.29 is 9.18 Å². The van der Waals surface area contributed by atoms with Crippen LogP contribution in [0.5, 0.6) is 0 Å². The van der Waals surface area contributed by atoms with Crippen LogP contribution in [0.25, 0.3) is 0 Å². The van der Waals surface area contributed by atoms with E-state index < -0.39 is 12.1 Å². The first kappa shape index (κ1) is 21.5. The number of carbonyl (C=O) groups is 1. The summed E-state index contributed by atoms with van der Waals surface area (Å²) in [6.07, 6.45) is 1.74. The SMILES string of the molecule is CN1CCN(c2ccc(Cc3cc(N[C@@H]4CCNC[C@@H]4F)c(C(N)=O)cn3)cc2)CC1. The normalized spacial score (nSPS) is 22.3. The van der Waals surface area contributed by atoms with Gasteiger partial charge in [-0.1, -0.05) is 12.1 Å². The van der Waals surface area contributed by atoms with E-state index in [1.165, 1.54) is 11.9 Å². The molecular weight excluding hydrogens is 395 g/mol. The maximum atomic E-state index is 14.3. The molecule has 2 atom stereocenters. The number of aromatic nitrogens is 1. The van der Waals surface area contributed by atoms with Crippen LogP contribution in [0.2, 0.25) is 0 Å². The molecule has 0 unspecified atom stereocenters. The fourth-order valence-electron chi connectivity index (χ4n) is 4.19. The number of hydrogen-bond acceptors (Lipinski definition) is 6. The first-order valence-electron chi connectivity index (χ1n) is 10.9. The summed E-state index contributed by atoms with van der Waals surface area (Å²) in [6.45, 7) is 5.26. The van der Waals surface area contributed by atoms with E-state index in [-0.39, 0.29) is 6.04 Å². The molecule has 0 saturated carbocycles. The summed E-state index contributed by atoms with van der Waals surface area (Å²) < 4.78 is 14.3. The molecule has 2 aliphatic heterocycles. The minimum Gasteiger partial charge on any atom is -0.379 e. The smallest absolute Gasteiger partial charge is 0.252 e. The molecular formula is C23H31FN6O. The minimum absolute atomic E-state index is 0.292. The molecule has 2 aliphatic rings. The number of benzene rings is 1. The summed E-state index contributed by atoms with van der Waals surface area (Å²) in [5.41, 5.74) is 9.54. The number of halogens is 1. The zero-order chi connectivity index (χ0) is 21.8. The van der Waals surface area contributed by atoms with Crippen LogP contribution in [0.1, 0.15) is 28.0 Å². The molecule has 0 aliphatic carbocycles. The summed E-state index contributed by atoms with van der Waals surface area (Å²) >= 11 is 0. The second-order valence-electron chi connectivity index (χ2n) is 8.48. The number of amides is 1. The Balaban J connectivity index is 1.47. The summed E-state index contributed by atoms with van der Waals surface area (Å²) in [5.74, 6) is -0.567. The highest BCUT2D eigenvalue weighted by Gasteiger charge is 2.25. The van der Waals surface area contributed by atoms with Gasteiger partial charge in [-0.15, -0.1) is 0 Å². The van der Waals surface area contributed by atoms with Crippen LogP contribution in [0.15, 0.2) is 36.5 Å². The Kier molecular flexibility index (Phi) is 6.67. The van der Waals surface area contributed by atoms with E-state index >= 15 is 0 Å². The second kappa shape index (κ2) is 9.62. The number of piperidine rings is 1. The van der Waals surface area contributed by atoms with Gasteiger partial charge in [0, 0.05) is 56.7 Å². The summed E-state index contributed by atoms with van der Waals surface area (Å²) in [5, 5.41) is 6.23. The van der Waals surface area contributed by atoms with E-state index in [1.807, 2.05) is 6.07 Å². The van der Waals surface area contributed by atoms with Crippen LogP contribution in [0, 0.1) is 0 Å². The molecule has 0 bridgehead atoms. The molecule has 4 rings (SSSR count). The van der Waals surface area contributed by atoms with Crippen molar-refractivity contribution in [1.29, 1.82) is 0 Å². The third-order valence-electron chi connectivity index (χ3n) is 6.17. The number of rotatable bonds is 6. The average molecular weight is 427 g/mol. The Morgan fingerprint density at radius 1 is 1.26 bits per heavy atom. The first-order chi connectivity index (χ1) is 15.0. The Morgan fingerprint density at radius 3 is 2.68 bits per heavy atom. The van der Waals surface area contributed by atoms with E-state index in [1.54, 1.807) is 0 Å². The van der Waals surface area contributed by atoms with E-state index in [0.29, 0.717) is 30.6 Å². The largest absolute Gasteiger partial charge is 0.379 e. The molecule has 2 aromatic rings. The van der Waals surface area contributed by atoms with Crippen molar-refractivity contribution >= 4 is 17.3 Å². The molecule has 4 N–H and O–H groups in total. The lowest BCUT2D eigenvalue weighted by molar-refractivity contribution is 0.100. The van der Waals surface area contributed by atoms with Crippen molar-refractivity contribution in [2.24, 2.45) is 5.73 Å². The Bertz CT molecular complexity index is 897. The van der Waals surface area contributed by atoms with E-state index in [4.69, 9.17) is 5.73 Å². The maximum absolute atomic E-state index is 14.3. The predicted octanol–water partition coefficient (Wildman–Crippen LogP) is 1.64. The number of nitrogens with one attached hydrogen (secondary N) is 2. The van der Waals surface area contributed by atoms with Gasteiger partial charge >= 0.3 is 0 Å². The number of hydrogen-bond donors (Lipinski definition) is 3. The quantitative estimate of drug-likeness (QED) is 0.651. The molecule has 0 spiro atoms. The number of nitrogens with two attached hydrogens (primary N) is 1. The fraction of sp³-hybridized carbons (Fsp3) is 0.478. The van der Waals surface area contributed by atoms with Crippen LogP contribution >= 0.6 is 0 Å². The third kappa shape index (κ3) is 5.32.